The molecule has 30 heavy (non-hydrogen) atoms. The molecule has 0 aliphatic heterocycles. The van der Waals surface area contributed by atoms with Gasteiger partial charge in [-0.25, -0.2) is 4.39 Å². The van der Waals surface area contributed by atoms with Gasteiger partial charge in [-0.2, -0.15) is 0 Å². The van der Waals surface area contributed by atoms with Crippen LogP contribution in [0.5, 0.6) is 5.75 Å². The fourth-order valence-corrected chi connectivity index (χ4v) is 4.80. The Morgan fingerprint density at radius 1 is 1.17 bits per heavy atom. The van der Waals surface area contributed by atoms with Crippen LogP contribution in [0.1, 0.15) is 53.2 Å². The third kappa shape index (κ3) is 3.35. The zero-order chi connectivity index (χ0) is 21.6. The summed E-state index contributed by atoms with van der Waals surface area (Å²) >= 11 is 5.92. The Hall–Kier alpha value is -2.86. The number of carboxylic acids is 1. The van der Waals surface area contributed by atoms with E-state index in [9.17, 15) is 24.2 Å². The molecule has 1 unspecified atom stereocenters. The molecule has 2 aromatic carbocycles. The highest BCUT2D eigenvalue weighted by Gasteiger charge is 2.36. The van der Waals surface area contributed by atoms with E-state index in [-0.39, 0.29) is 11.4 Å². The molecule has 3 aromatic rings. The number of aromatic nitrogens is 1. The van der Waals surface area contributed by atoms with Crippen molar-refractivity contribution < 1.29 is 24.2 Å². The SMILES string of the molecule is Cc1c(C(C(=O)O)C2CCCC2)c2cc(O)c(F)cc2n1C(=O)c1ccc(Cl)cc1. The minimum atomic E-state index is -0.980. The Labute approximate surface area is 177 Å². The average molecular weight is 430 g/mol. The number of nitrogens with zero attached hydrogens (tertiary/aromatic N) is 1. The predicted molar refractivity (Wildman–Crippen MR) is 112 cm³/mol. The number of aliphatic carboxylic acids is 1. The van der Waals surface area contributed by atoms with E-state index in [1.807, 2.05) is 0 Å². The molecule has 7 heteroatoms. The molecule has 0 amide bonds. The number of carbonyl (C=O) groups excluding carboxylic acids is 1. The van der Waals surface area contributed by atoms with Gasteiger partial charge < -0.3 is 10.2 Å². The molecule has 0 bridgehead atoms. The van der Waals surface area contributed by atoms with E-state index in [0.29, 0.717) is 27.2 Å². The van der Waals surface area contributed by atoms with Crippen LogP contribution in [0.2, 0.25) is 5.02 Å². The third-order valence-corrected chi connectivity index (χ3v) is 6.32. The monoisotopic (exact) mass is 429 g/mol. The molecule has 1 heterocycles. The van der Waals surface area contributed by atoms with Crippen LogP contribution in [0.3, 0.4) is 0 Å². The number of fused-ring (bicyclic) bond motifs is 1. The lowest BCUT2D eigenvalue weighted by Crippen LogP contribution is -2.21. The van der Waals surface area contributed by atoms with Crippen LogP contribution >= 0.6 is 11.6 Å². The number of hydrogen-bond donors (Lipinski definition) is 2. The molecular formula is C23H21ClFNO4. The minimum Gasteiger partial charge on any atom is -0.505 e. The molecule has 1 aromatic heterocycles. The quantitative estimate of drug-likeness (QED) is 0.574. The highest BCUT2D eigenvalue weighted by Crippen LogP contribution is 2.43. The highest BCUT2D eigenvalue weighted by molar-refractivity contribution is 6.30. The molecule has 156 valence electrons. The number of hydrogen-bond acceptors (Lipinski definition) is 3. The van der Waals surface area contributed by atoms with E-state index in [1.54, 1.807) is 31.2 Å². The second-order valence-electron chi connectivity index (χ2n) is 7.83. The fraction of sp³-hybridized carbons (Fsp3) is 0.304. The molecule has 2 N–H and O–H groups in total. The van der Waals surface area contributed by atoms with Crippen LogP contribution in [-0.2, 0) is 4.79 Å². The van der Waals surface area contributed by atoms with Crippen molar-refractivity contribution in [3.63, 3.8) is 0 Å². The van der Waals surface area contributed by atoms with Gasteiger partial charge in [0.25, 0.3) is 5.91 Å². The maximum atomic E-state index is 14.2. The molecule has 1 aliphatic carbocycles. The summed E-state index contributed by atoms with van der Waals surface area (Å²) in [7, 11) is 0. The first-order valence-corrected chi connectivity index (χ1v) is 10.2. The number of benzene rings is 2. The van der Waals surface area contributed by atoms with Gasteiger partial charge in [0.05, 0.1) is 11.4 Å². The van der Waals surface area contributed by atoms with Crippen molar-refractivity contribution in [3.8, 4) is 5.75 Å². The second-order valence-corrected chi connectivity index (χ2v) is 8.26. The Bertz CT molecular complexity index is 1150. The smallest absolute Gasteiger partial charge is 0.311 e. The van der Waals surface area contributed by atoms with E-state index in [4.69, 9.17) is 11.6 Å². The van der Waals surface area contributed by atoms with Crippen molar-refractivity contribution in [1.29, 1.82) is 0 Å². The molecule has 4 rings (SSSR count). The molecule has 1 atom stereocenters. The second kappa shape index (κ2) is 7.76. The van der Waals surface area contributed by atoms with Gasteiger partial charge in [-0.1, -0.05) is 24.4 Å². The van der Waals surface area contributed by atoms with Gasteiger partial charge in [0, 0.05) is 27.7 Å². The zero-order valence-electron chi connectivity index (χ0n) is 16.4. The van der Waals surface area contributed by atoms with E-state index in [0.717, 1.165) is 31.7 Å². The average Bonchev–Trinajstić information content (AvgIpc) is 3.31. The summed E-state index contributed by atoms with van der Waals surface area (Å²) in [5, 5.41) is 20.9. The van der Waals surface area contributed by atoms with Crippen LogP contribution in [0, 0.1) is 18.7 Å². The largest absolute Gasteiger partial charge is 0.505 e. The highest BCUT2D eigenvalue weighted by atomic mass is 35.5. The fourth-order valence-electron chi connectivity index (χ4n) is 4.68. The minimum absolute atomic E-state index is 0.0712. The molecule has 0 radical (unpaired) electrons. The van der Waals surface area contributed by atoms with E-state index >= 15 is 0 Å². The summed E-state index contributed by atoms with van der Waals surface area (Å²) in [4.78, 5) is 25.6. The summed E-state index contributed by atoms with van der Waals surface area (Å²) in [6.07, 6.45) is 3.47. The zero-order valence-corrected chi connectivity index (χ0v) is 17.1. The summed E-state index contributed by atoms with van der Waals surface area (Å²) < 4.78 is 15.6. The number of aromatic hydroxyl groups is 1. The molecule has 0 spiro atoms. The first-order chi connectivity index (χ1) is 14.3. The Kier molecular flexibility index (Phi) is 5.28. The Balaban J connectivity index is 1.98. The maximum Gasteiger partial charge on any atom is 0.311 e. The lowest BCUT2D eigenvalue weighted by atomic mass is 9.83. The number of rotatable bonds is 4. The molecular weight excluding hydrogens is 409 g/mol. The Morgan fingerprint density at radius 3 is 2.40 bits per heavy atom. The number of halogens is 2. The first kappa shape index (κ1) is 20.4. The van der Waals surface area contributed by atoms with E-state index in [2.05, 4.69) is 0 Å². The van der Waals surface area contributed by atoms with Crippen LogP contribution < -0.4 is 0 Å². The van der Waals surface area contributed by atoms with Crippen molar-refractivity contribution >= 4 is 34.4 Å². The van der Waals surface area contributed by atoms with Crippen LogP contribution in [0.4, 0.5) is 4.39 Å². The maximum absolute atomic E-state index is 14.2. The Morgan fingerprint density at radius 2 is 1.80 bits per heavy atom. The first-order valence-electron chi connectivity index (χ1n) is 9.86. The van der Waals surface area contributed by atoms with Gasteiger partial charge in [-0.05, 0) is 61.6 Å². The number of carbonyl (C=O) groups is 2. The molecule has 5 nitrogen and oxygen atoms in total. The predicted octanol–water partition coefficient (Wildman–Crippen LogP) is 5.49. The lowest BCUT2D eigenvalue weighted by Gasteiger charge is -2.20. The van der Waals surface area contributed by atoms with Gasteiger partial charge in [-0.3, -0.25) is 14.2 Å². The van der Waals surface area contributed by atoms with Gasteiger partial charge >= 0.3 is 5.97 Å². The van der Waals surface area contributed by atoms with Gasteiger partial charge in [-0.15, -0.1) is 0 Å². The summed E-state index contributed by atoms with van der Waals surface area (Å²) in [5.74, 6) is -3.75. The van der Waals surface area contributed by atoms with Crippen LogP contribution in [0.15, 0.2) is 36.4 Å². The molecule has 0 saturated heterocycles. The molecule has 1 saturated carbocycles. The topological polar surface area (TPSA) is 79.5 Å². The van der Waals surface area contributed by atoms with Gasteiger partial charge in [0.1, 0.15) is 0 Å². The van der Waals surface area contributed by atoms with E-state index < -0.39 is 29.4 Å². The summed E-state index contributed by atoms with van der Waals surface area (Å²) in [5.41, 5.74) is 1.48. The van der Waals surface area contributed by atoms with Crippen LogP contribution in [0.25, 0.3) is 10.9 Å². The van der Waals surface area contributed by atoms with Crippen molar-refractivity contribution in [1.82, 2.24) is 4.57 Å². The molecule has 1 aliphatic rings. The summed E-state index contributed by atoms with van der Waals surface area (Å²) in [6, 6.07) is 8.62. The van der Waals surface area contributed by atoms with Gasteiger partial charge in [0.15, 0.2) is 11.6 Å². The third-order valence-electron chi connectivity index (χ3n) is 6.06. The van der Waals surface area contributed by atoms with Crippen molar-refractivity contribution in [3.05, 3.63) is 64.1 Å². The lowest BCUT2D eigenvalue weighted by molar-refractivity contribution is -0.140. The van der Waals surface area contributed by atoms with Crippen molar-refractivity contribution in [2.75, 3.05) is 0 Å². The number of carboxylic acid groups (broad SMARTS) is 1. The standard InChI is InChI=1S/C23H21ClFNO4/c1-12-20(21(23(29)30)13-4-2-3-5-13)16-10-19(27)17(25)11-18(16)26(12)22(28)14-6-8-15(24)9-7-14/h6-11,13,21,27H,2-5H2,1H3,(H,29,30). The van der Waals surface area contributed by atoms with Crippen molar-refractivity contribution in [2.45, 2.75) is 38.5 Å². The van der Waals surface area contributed by atoms with E-state index in [1.165, 1.54) is 10.6 Å². The van der Waals surface area contributed by atoms with Crippen LogP contribution in [-0.4, -0.2) is 26.7 Å². The number of phenols is 1. The van der Waals surface area contributed by atoms with Gasteiger partial charge in [0.2, 0.25) is 0 Å². The number of phenolic OH excluding ortho intramolecular Hbond substituents is 1. The normalized spacial score (nSPS) is 15.6. The molecule has 1 fully saturated rings. The van der Waals surface area contributed by atoms with Crippen molar-refractivity contribution in [2.24, 2.45) is 5.92 Å². The summed E-state index contributed by atoms with van der Waals surface area (Å²) in [6.45, 7) is 1.67.